The smallest absolute Gasteiger partial charge is 0.267 e. The second-order valence-electron chi connectivity index (χ2n) is 4.70. The number of hydrogen-bond acceptors (Lipinski definition) is 5. The highest BCUT2D eigenvalue weighted by atomic mass is 16.5. The van der Waals surface area contributed by atoms with Crippen LogP contribution in [0, 0.1) is 0 Å². The molecule has 116 valence electrons. The van der Waals surface area contributed by atoms with Gasteiger partial charge in [-0.15, -0.1) is 0 Å². The maximum atomic E-state index is 11.5. The fourth-order valence-electron chi connectivity index (χ4n) is 2.12. The molecule has 0 aliphatic carbocycles. The van der Waals surface area contributed by atoms with Gasteiger partial charge in [-0.2, -0.15) is 0 Å². The maximum absolute atomic E-state index is 11.5. The number of nitrogens with two attached hydrogens (primary N) is 1. The number of nitrogens with zero attached hydrogens (tertiary/aromatic N) is 3. The van der Waals surface area contributed by atoms with Gasteiger partial charge in [-0.25, -0.2) is 9.97 Å². The quantitative estimate of drug-likeness (QED) is 0.883. The number of anilines is 1. The van der Waals surface area contributed by atoms with Crippen molar-refractivity contribution in [2.75, 3.05) is 25.1 Å². The lowest BCUT2D eigenvalue weighted by molar-refractivity contribution is 0.0995. The van der Waals surface area contributed by atoms with Gasteiger partial charge in [0.1, 0.15) is 11.4 Å². The van der Waals surface area contributed by atoms with E-state index in [-0.39, 0.29) is 5.69 Å². The van der Waals surface area contributed by atoms with Gasteiger partial charge >= 0.3 is 0 Å². The van der Waals surface area contributed by atoms with Gasteiger partial charge in [-0.05, 0) is 44.2 Å². The molecule has 0 atom stereocenters. The Balaban J connectivity index is 2.51. The van der Waals surface area contributed by atoms with Gasteiger partial charge in [0.05, 0.1) is 12.8 Å². The van der Waals surface area contributed by atoms with Gasteiger partial charge < -0.3 is 15.4 Å². The molecule has 1 aromatic carbocycles. The van der Waals surface area contributed by atoms with Crippen molar-refractivity contribution in [1.82, 2.24) is 9.97 Å². The fraction of sp³-hybridized carbons (Fsp3) is 0.312. The summed E-state index contributed by atoms with van der Waals surface area (Å²) in [4.78, 5) is 22.3. The first-order chi connectivity index (χ1) is 10.6. The van der Waals surface area contributed by atoms with E-state index >= 15 is 0 Å². The standard InChI is InChI=1S/C16H20N4O2/c1-4-20(5-2)16-18-13(10-14(19-16)15(17)21)11-6-8-12(22-3)9-7-11/h6-10H,4-5H2,1-3H3,(H2,17,21). The molecule has 0 unspecified atom stereocenters. The third-order valence-electron chi connectivity index (χ3n) is 3.40. The number of carbonyl (C=O) groups is 1. The predicted molar refractivity (Wildman–Crippen MR) is 86.1 cm³/mol. The van der Waals surface area contributed by atoms with E-state index in [0.717, 1.165) is 24.4 Å². The highest BCUT2D eigenvalue weighted by Gasteiger charge is 2.13. The summed E-state index contributed by atoms with van der Waals surface area (Å²) in [6, 6.07) is 9.07. The van der Waals surface area contributed by atoms with Crippen molar-refractivity contribution in [3.05, 3.63) is 36.0 Å². The number of amides is 1. The average Bonchev–Trinajstić information content (AvgIpc) is 2.56. The molecule has 2 rings (SSSR count). The number of benzene rings is 1. The van der Waals surface area contributed by atoms with E-state index in [9.17, 15) is 4.79 Å². The number of rotatable bonds is 6. The summed E-state index contributed by atoms with van der Waals surface area (Å²) < 4.78 is 5.15. The Morgan fingerprint density at radius 2 is 1.82 bits per heavy atom. The molecule has 0 saturated heterocycles. The van der Waals surface area contributed by atoms with Crippen LogP contribution in [0.15, 0.2) is 30.3 Å². The number of methoxy groups -OCH3 is 1. The molecule has 0 fully saturated rings. The number of ether oxygens (including phenoxy) is 1. The van der Waals surface area contributed by atoms with Crippen molar-refractivity contribution >= 4 is 11.9 Å². The fourth-order valence-corrected chi connectivity index (χ4v) is 2.12. The van der Waals surface area contributed by atoms with Gasteiger partial charge in [0.25, 0.3) is 5.91 Å². The van der Waals surface area contributed by atoms with Crippen molar-refractivity contribution < 1.29 is 9.53 Å². The van der Waals surface area contributed by atoms with Crippen LogP contribution in [0.25, 0.3) is 11.3 Å². The minimum atomic E-state index is -0.564. The monoisotopic (exact) mass is 300 g/mol. The number of carbonyl (C=O) groups excluding carboxylic acids is 1. The lowest BCUT2D eigenvalue weighted by atomic mass is 10.1. The zero-order chi connectivity index (χ0) is 16.1. The van der Waals surface area contributed by atoms with Crippen LogP contribution in [-0.4, -0.2) is 36.1 Å². The third-order valence-corrected chi connectivity index (χ3v) is 3.40. The molecule has 0 radical (unpaired) electrons. The van der Waals surface area contributed by atoms with E-state index in [1.54, 1.807) is 13.2 Å². The second-order valence-corrected chi connectivity index (χ2v) is 4.70. The summed E-state index contributed by atoms with van der Waals surface area (Å²) in [6.07, 6.45) is 0. The Kier molecular flexibility index (Phi) is 4.93. The molecule has 6 heteroatoms. The Labute approximate surface area is 129 Å². The molecule has 0 bridgehead atoms. The van der Waals surface area contributed by atoms with E-state index in [4.69, 9.17) is 10.5 Å². The van der Waals surface area contributed by atoms with Crippen molar-refractivity contribution in [2.45, 2.75) is 13.8 Å². The van der Waals surface area contributed by atoms with Crippen LogP contribution in [0.2, 0.25) is 0 Å². The largest absolute Gasteiger partial charge is 0.497 e. The molecule has 2 aromatic rings. The molecule has 0 aliphatic rings. The molecule has 0 saturated carbocycles. The van der Waals surface area contributed by atoms with Crippen LogP contribution in [0.5, 0.6) is 5.75 Å². The highest BCUT2D eigenvalue weighted by Crippen LogP contribution is 2.23. The van der Waals surface area contributed by atoms with Crippen molar-refractivity contribution in [3.63, 3.8) is 0 Å². The van der Waals surface area contributed by atoms with Gasteiger partial charge in [0.15, 0.2) is 0 Å². The molecular formula is C16H20N4O2. The van der Waals surface area contributed by atoms with Crippen LogP contribution in [-0.2, 0) is 0 Å². The molecule has 1 aromatic heterocycles. The van der Waals surface area contributed by atoms with Gasteiger partial charge in [0.2, 0.25) is 5.95 Å². The normalized spacial score (nSPS) is 10.3. The van der Waals surface area contributed by atoms with Crippen LogP contribution < -0.4 is 15.4 Å². The van der Waals surface area contributed by atoms with E-state index in [1.165, 1.54) is 0 Å². The molecule has 1 heterocycles. The first kappa shape index (κ1) is 15.8. The summed E-state index contributed by atoms with van der Waals surface area (Å²) in [5.74, 6) is 0.703. The molecule has 6 nitrogen and oxygen atoms in total. The van der Waals surface area contributed by atoms with Crippen LogP contribution in [0.1, 0.15) is 24.3 Å². The zero-order valence-corrected chi connectivity index (χ0v) is 13.0. The average molecular weight is 300 g/mol. The summed E-state index contributed by atoms with van der Waals surface area (Å²) >= 11 is 0. The van der Waals surface area contributed by atoms with E-state index in [2.05, 4.69) is 9.97 Å². The SMILES string of the molecule is CCN(CC)c1nc(C(N)=O)cc(-c2ccc(OC)cc2)n1. The molecule has 2 N–H and O–H groups in total. The summed E-state index contributed by atoms with van der Waals surface area (Å²) in [5, 5.41) is 0. The van der Waals surface area contributed by atoms with E-state index in [0.29, 0.717) is 11.6 Å². The number of primary amides is 1. The van der Waals surface area contributed by atoms with Gasteiger partial charge in [-0.1, -0.05) is 0 Å². The third kappa shape index (κ3) is 3.33. The molecule has 22 heavy (non-hydrogen) atoms. The summed E-state index contributed by atoms with van der Waals surface area (Å²) in [5.41, 5.74) is 7.14. The molecule has 0 aliphatic heterocycles. The first-order valence-electron chi connectivity index (χ1n) is 7.17. The van der Waals surface area contributed by atoms with Crippen LogP contribution >= 0.6 is 0 Å². The molecule has 0 spiro atoms. The minimum Gasteiger partial charge on any atom is -0.497 e. The molecule has 1 amide bonds. The minimum absolute atomic E-state index is 0.211. The Morgan fingerprint density at radius 3 is 2.32 bits per heavy atom. The Bertz CT molecular complexity index is 652. The summed E-state index contributed by atoms with van der Waals surface area (Å²) in [7, 11) is 1.61. The number of aromatic nitrogens is 2. The van der Waals surface area contributed by atoms with E-state index in [1.807, 2.05) is 43.0 Å². The highest BCUT2D eigenvalue weighted by molar-refractivity contribution is 5.92. The first-order valence-corrected chi connectivity index (χ1v) is 7.17. The van der Waals surface area contributed by atoms with Gasteiger partial charge in [-0.3, -0.25) is 4.79 Å². The Morgan fingerprint density at radius 1 is 1.18 bits per heavy atom. The zero-order valence-electron chi connectivity index (χ0n) is 13.0. The predicted octanol–water partition coefficient (Wildman–Crippen LogP) is 2.10. The van der Waals surface area contributed by atoms with Crippen molar-refractivity contribution in [1.29, 1.82) is 0 Å². The lowest BCUT2D eigenvalue weighted by Crippen LogP contribution is -2.26. The topological polar surface area (TPSA) is 81.3 Å². The number of hydrogen-bond donors (Lipinski definition) is 1. The van der Waals surface area contributed by atoms with E-state index < -0.39 is 5.91 Å². The van der Waals surface area contributed by atoms with Crippen LogP contribution in [0.4, 0.5) is 5.95 Å². The molecular weight excluding hydrogens is 280 g/mol. The van der Waals surface area contributed by atoms with Gasteiger partial charge in [0, 0.05) is 18.7 Å². The van der Waals surface area contributed by atoms with Crippen LogP contribution in [0.3, 0.4) is 0 Å². The second kappa shape index (κ2) is 6.89. The summed E-state index contributed by atoms with van der Waals surface area (Å²) in [6.45, 7) is 5.52. The maximum Gasteiger partial charge on any atom is 0.267 e. The Hall–Kier alpha value is -2.63. The van der Waals surface area contributed by atoms with Crippen molar-refractivity contribution in [2.24, 2.45) is 5.73 Å². The lowest BCUT2D eigenvalue weighted by Gasteiger charge is -2.19. The van der Waals surface area contributed by atoms with Crippen molar-refractivity contribution in [3.8, 4) is 17.0 Å².